The SMILES string of the molecule is COc1ccccc1CN(CC(Cc1c[nH]c2ccccc12)NC(=O)COc1ccc2[nH]ccc2c1)C(C)=O. The number of hydrogen-bond donors (Lipinski definition) is 3. The number of rotatable bonds is 11. The van der Waals surface area contributed by atoms with E-state index >= 15 is 0 Å². The Morgan fingerprint density at radius 1 is 0.949 bits per heavy atom. The van der Waals surface area contributed by atoms with Gasteiger partial charge in [0.05, 0.1) is 13.2 Å². The Morgan fingerprint density at radius 3 is 2.62 bits per heavy atom. The molecule has 0 aliphatic carbocycles. The number of benzene rings is 3. The van der Waals surface area contributed by atoms with Crippen LogP contribution in [-0.2, 0) is 22.6 Å². The average molecular weight is 525 g/mol. The van der Waals surface area contributed by atoms with E-state index in [1.54, 1.807) is 18.9 Å². The number of fused-ring (bicyclic) bond motifs is 2. The largest absolute Gasteiger partial charge is 0.496 e. The fraction of sp³-hybridized carbons (Fsp3) is 0.226. The van der Waals surface area contributed by atoms with Crippen LogP contribution in [0.5, 0.6) is 11.5 Å². The van der Waals surface area contributed by atoms with E-state index in [1.165, 1.54) is 0 Å². The highest BCUT2D eigenvalue weighted by atomic mass is 16.5. The molecule has 2 heterocycles. The molecule has 0 radical (unpaired) electrons. The highest BCUT2D eigenvalue weighted by molar-refractivity contribution is 5.84. The Kier molecular flexibility index (Phi) is 7.82. The number of aromatic nitrogens is 2. The molecule has 0 spiro atoms. The normalized spacial score (nSPS) is 11.8. The maximum absolute atomic E-state index is 13.1. The number of carbonyl (C=O) groups excluding carboxylic acids is 2. The number of para-hydroxylation sites is 2. The maximum atomic E-state index is 13.1. The van der Waals surface area contributed by atoms with Crippen molar-refractivity contribution in [3.8, 4) is 11.5 Å². The van der Waals surface area contributed by atoms with Crippen molar-refractivity contribution < 1.29 is 19.1 Å². The summed E-state index contributed by atoms with van der Waals surface area (Å²) in [4.78, 5) is 34.0. The van der Waals surface area contributed by atoms with Crippen molar-refractivity contribution in [3.63, 3.8) is 0 Å². The maximum Gasteiger partial charge on any atom is 0.258 e. The second-order valence-corrected chi connectivity index (χ2v) is 9.55. The fourth-order valence-electron chi connectivity index (χ4n) is 4.88. The van der Waals surface area contributed by atoms with E-state index in [4.69, 9.17) is 9.47 Å². The molecule has 200 valence electrons. The zero-order valence-electron chi connectivity index (χ0n) is 22.1. The van der Waals surface area contributed by atoms with E-state index in [2.05, 4.69) is 21.4 Å². The molecular weight excluding hydrogens is 492 g/mol. The van der Waals surface area contributed by atoms with Gasteiger partial charge in [-0.05, 0) is 48.4 Å². The van der Waals surface area contributed by atoms with Gasteiger partial charge in [0.2, 0.25) is 5.91 Å². The van der Waals surface area contributed by atoms with Gasteiger partial charge < -0.3 is 29.7 Å². The van der Waals surface area contributed by atoms with Gasteiger partial charge in [0, 0.05) is 59.8 Å². The van der Waals surface area contributed by atoms with Crippen molar-refractivity contribution >= 4 is 33.6 Å². The van der Waals surface area contributed by atoms with Gasteiger partial charge in [-0.2, -0.15) is 0 Å². The molecule has 8 nitrogen and oxygen atoms in total. The zero-order valence-corrected chi connectivity index (χ0v) is 22.1. The topological polar surface area (TPSA) is 99.4 Å². The molecule has 0 saturated carbocycles. The number of nitrogens with one attached hydrogen (secondary N) is 3. The molecule has 3 aromatic carbocycles. The van der Waals surface area contributed by atoms with E-state index < -0.39 is 0 Å². The van der Waals surface area contributed by atoms with Crippen LogP contribution in [-0.4, -0.2) is 53.0 Å². The monoisotopic (exact) mass is 524 g/mol. The minimum Gasteiger partial charge on any atom is -0.496 e. The molecule has 5 aromatic rings. The lowest BCUT2D eigenvalue weighted by Gasteiger charge is -2.28. The van der Waals surface area contributed by atoms with Gasteiger partial charge in [0.25, 0.3) is 5.91 Å². The minimum atomic E-state index is -0.342. The minimum absolute atomic E-state index is 0.0878. The van der Waals surface area contributed by atoms with Crippen molar-refractivity contribution in [1.29, 1.82) is 0 Å². The summed E-state index contributed by atoms with van der Waals surface area (Å²) in [6.07, 6.45) is 4.37. The molecule has 8 heteroatoms. The number of hydrogen-bond acceptors (Lipinski definition) is 4. The summed E-state index contributed by atoms with van der Waals surface area (Å²) in [5, 5.41) is 5.22. The molecule has 0 bridgehead atoms. The number of carbonyl (C=O) groups is 2. The first-order valence-electron chi connectivity index (χ1n) is 12.9. The lowest BCUT2D eigenvalue weighted by atomic mass is 10.0. The molecule has 0 aliphatic rings. The first-order valence-corrected chi connectivity index (χ1v) is 12.9. The van der Waals surface area contributed by atoms with Crippen LogP contribution in [0.1, 0.15) is 18.1 Å². The summed E-state index contributed by atoms with van der Waals surface area (Å²) in [6, 6.07) is 22.9. The molecule has 5 rings (SSSR count). The Hall–Kier alpha value is -4.72. The number of H-pyrrole nitrogens is 2. The van der Waals surface area contributed by atoms with Gasteiger partial charge in [-0.25, -0.2) is 0 Å². The summed E-state index contributed by atoms with van der Waals surface area (Å²) in [5.74, 6) is 0.991. The predicted molar refractivity (Wildman–Crippen MR) is 152 cm³/mol. The number of ether oxygens (including phenoxy) is 2. The fourth-order valence-corrected chi connectivity index (χ4v) is 4.88. The van der Waals surface area contributed by atoms with E-state index in [-0.39, 0.29) is 24.5 Å². The van der Waals surface area contributed by atoms with Crippen LogP contribution in [0.25, 0.3) is 21.8 Å². The van der Waals surface area contributed by atoms with Crippen LogP contribution in [0.15, 0.2) is 85.2 Å². The van der Waals surface area contributed by atoms with Gasteiger partial charge in [-0.1, -0.05) is 36.4 Å². The molecule has 1 atom stereocenters. The summed E-state index contributed by atoms with van der Waals surface area (Å²) in [6.45, 7) is 2.11. The quantitative estimate of drug-likeness (QED) is 0.231. The van der Waals surface area contributed by atoms with Gasteiger partial charge in [-0.15, -0.1) is 0 Å². The summed E-state index contributed by atoms with van der Waals surface area (Å²) in [7, 11) is 1.62. The van der Waals surface area contributed by atoms with Crippen molar-refractivity contribution in [1.82, 2.24) is 20.2 Å². The summed E-state index contributed by atoms with van der Waals surface area (Å²) in [5.41, 5.74) is 4.00. The van der Waals surface area contributed by atoms with E-state index in [1.807, 2.05) is 79.1 Å². The van der Waals surface area contributed by atoms with Crippen molar-refractivity contribution in [2.45, 2.75) is 25.9 Å². The lowest BCUT2D eigenvalue weighted by molar-refractivity contribution is -0.131. The van der Waals surface area contributed by atoms with Crippen LogP contribution in [0, 0.1) is 0 Å². The first kappa shape index (κ1) is 25.9. The number of nitrogens with zero attached hydrogens (tertiary/aromatic N) is 1. The second-order valence-electron chi connectivity index (χ2n) is 9.55. The van der Waals surface area contributed by atoms with Crippen LogP contribution < -0.4 is 14.8 Å². The number of methoxy groups -OCH3 is 1. The van der Waals surface area contributed by atoms with E-state index in [0.29, 0.717) is 31.0 Å². The number of aromatic amines is 2. The average Bonchev–Trinajstić information content (AvgIpc) is 3.58. The molecule has 1 unspecified atom stereocenters. The van der Waals surface area contributed by atoms with Crippen LogP contribution in [0.3, 0.4) is 0 Å². The van der Waals surface area contributed by atoms with E-state index in [9.17, 15) is 9.59 Å². The molecule has 3 N–H and O–H groups in total. The zero-order chi connectivity index (χ0) is 27.2. The summed E-state index contributed by atoms with van der Waals surface area (Å²) >= 11 is 0. The van der Waals surface area contributed by atoms with E-state index in [0.717, 1.165) is 32.9 Å². The molecule has 0 saturated heterocycles. The first-order chi connectivity index (χ1) is 19.0. The Labute approximate surface area is 226 Å². The molecular formula is C31H32N4O4. The molecule has 2 aromatic heterocycles. The second kappa shape index (κ2) is 11.8. The van der Waals surface area contributed by atoms with Gasteiger partial charge in [0.15, 0.2) is 6.61 Å². The van der Waals surface area contributed by atoms with Crippen LogP contribution in [0.4, 0.5) is 0 Å². The van der Waals surface area contributed by atoms with Gasteiger partial charge in [0.1, 0.15) is 11.5 Å². The van der Waals surface area contributed by atoms with Gasteiger partial charge in [-0.3, -0.25) is 9.59 Å². The molecule has 2 amide bonds. The third-order valence-corrected chi connectivity index (χ3v) is 6.84. The lowest BCUT2D eigenvalue weighted by Crippen LogP contribution is -2.47. The van der Waals surface area contributed by atoms with Crippen LogP contribution in [0.2, 0.25) is 0 Å². The molecule has 39 heavy (non-hydrogen) atoms. The summed E-state index contributed by atoms with van der Waals surface area (Å²) < 4.78 is 11.3. The van der Waals surface area contributed by atoms with Crippen molar-refractivity contribution in [3.05, 3.63) is 96.3 Å². The third kappa shape index (κ3) is 6.23. The van der Waals surface area contributed by atoms with Crippen LogP contribution >= 0.6 is 0 Å². The standard InChI is InChI=1S/C31H32N4O4/c1-21(36)35(18-23-7-3-6-10-30(23)38-2)19-25(15-24-17-33-29-9-5-4-8-27(24)29)34-31(37)20-39-26-11-12-28-22(16-26)13-14-32-28/h3-14,16-17,25,32-33H,15,18-20H2,1-2H3,(H,34,37). The molecule has 0 fully saturated rings. The molecule has 0 aliphatic heterocycles. The third-order valence-electron chi connectivity index (χ3n) is 6.84. The Balaban J connectivity index is 1.33. The highest BCUT2D eigenvalue weighted by Crippen LogP contribution is 2.23. The van der Waals surface area contributed by atoms with Crippen molar-refractivity contribution in [2.24, 2.45) is 0 Å². The van der Waals surface area contributed by atoms with Crippen molar-refractivity contribution in [2.75, 3.05) is 20.3 Å². The van der Waals surface area contributed by atoms with Gasteiger partial charge >= 0.3 is 0 Å². The smallest absolute Gasteiger partial charge is 0.258 e. The Morgan fingerprint density at radius 2 is 1.77 bits per heavy atom. The highest BCUT2D eigenvalue weighted by Gasteiger charge is 2.22. The Bertz CT molecular complexity index is 1590. The number of amides is 2. The predicted octanol–water partition coefficient (Wildman–Crippen LogP) is 4.81.